The van der Waals surface area contributed by atoms with E-state index >= 15 is 0 Å². The van der Waals surface area contributed by atoms with Gasteiger partial charge in [0.2, 0.25) is 6.79 Å². The number of hydrogen-bond acceptors (Lipinski definition) is 4. The fraction of sp³-hybridized carbons (Fsp3) is 0.143. The first-order valence-electron chi connectivity index (χ1n) is 6.04. The molecular formula is C14H10Cl3NO3. The van der Waals surface area contributed by atoms with Crippen LogP contribution in [0.4, 0.5) is 5.69 Å². The van der Waals surface area contributed by atoms with Crippen molar-refractivity contribution in [1.29, 1.82) is 0 Å². The lowest BCUT2D eigenvalue weighted by Crippen LogP contribution is -2.01. The third kappa shape index (κ3) is 2.93. The molecular weight excluding hydrogens is 337 g/mol. The number of hydrogen-bond donors (Lipinski definition) is 2. The smallest absolute Gasteiger partial charge is 0.231 e. The van der Waals surface area contributed by atoms with Crippen LogP contribution in [0.5, 0.6) is 17.2 Å². The summed E-state index contributed by atoms with van der Waals surface area (Å²) < 4.78 is 10.5. The first-order chi connectivity index (χ1) is 10.0. The molecule has 0 fully saturated rings. The Morgan fingerprint density at radius 1 is 1.00 bits per heavy atom. The van der Waals surface area contributed by atoms with Crippen LogP contribution in [0.3, 0.4) is 0 Å². The van der Waals surface area contributed by atoms with Gasteiger partial charge in [0.25, 0.3) is 0 Å². The summed E-state index contributed by atoms with van der Waals surface area (Å²) in [6, 6.07) is 6.42. The number of halogens is 3. The maximum Gasteiger partial charge on any atom is 0.231 e. The van der Waals surface area contributed by atoms with Gasteiger partial charge in [0.15, 0.2) is 11.5 Å². The molecule has 0 saturated heterocycles. The van der Waals surface area contributed by atoms with E-state index < -0.39 is 0 Å². The number of ether oxygens (including phenoxy) is 2. The van der Waals surface area contributed by atoms with Gasteiger partial charge in [0, 0.05) is 23.2 Å². The number of anilines is 1. The fourth-order valence-corrected chi connectivity index (χ4v) is 2.96. The second-order valence-corrected chi connectivity index (χ2v) is 5.68. The second-order valence-electron chi connectivity index (χ2n) is 4.43. The van der Waals surface area contributed by atoms with Crippen LogP contribution in [0, 0.1) is 0 Å². The van der Waals surface area contributed by atoms with E-state index in [1.165, 1.54) is 6.07 Å². The molecule has 2 N–H and O–H groups in total. The Labute approximate surface area is 136 Å². The van der Waals surface area contributed by atoms with Gasteiger partial charge in [-0.2, -0.15) is 0 Å². The van der Waals surface area contributed by atoms with E-state index in [1.54, 1.807) is 18.2 Å². The van der Waals surface area contributed by atoms with Crippen LogP contribution in [-0.2, 0) is 6.54 Å². The highest BCUT2D eigenvalue weighted by molar-refractivity contribution is 6.41. The highest BCUT2D eigenvalue weighted by Crippen LogP contribution is 2.39. The van der Waals surface area contributed by atoms with Crippen molar-refractivity contribution in [3.05, 3.63) is 44.9 Å². The SMILES string of the molecule is Oc1cc2c(cc1CNc1c(Cl)cc(Cl)cc1Cl)OCO2. The molecule has 0 aliphatic carbocycles. The Morgan fingerprint density at radius 2 is 1.62 bits per heavy atom. The van der Waals surface area contributed by atoms with E-state index in [0.29, 0.717) is 44.4 Å². The molecule has 7 heteroatoms. The lowest BCUT2D eigenvalue weighted by Gasteiger charge is -2.12. The van der Waals surface area contributed by atoms with E-state index in [1.807, 2.05) is 0 Å². The van der Waals surface area contributed by atoms with Crippen LogP contribution in [0.15, 0.2) is 24.3 Å². The standard InChI is InChI=1S/C14H10Cl3NO3/c15-8-2-9(16)14(10(17)3-8)18-5-7-1-12-13(4-11(7)19)21-6-20-12/h1-4,18-19H,5-6H2. The molecule has 0 amide bonds. The molecule has 4 nitrogen and oxygen atoms in total. The maximum atomic E-state index is 9.97. The summed E-state index contributed by atoms with van der Waals surface area (Å²) in [5, 5.41) is 14.3. The van der Waals surface area contributed by atoms with Gasteiger partial charge in [0.05, 0.1) is 15.7 Å². The van der Waals surface area contributed by atoms with Gasteiger partial charge in [-0.3, -0.25) is 0 Å². The molecule has 0 radical (unpaired) electrons. The Kier molecular flexibility index (Phi) is 3.93. The van der Waals surface area contributed by atoms with Crippen LogP contribution in [-0.4, -0.2) is 11.9 Å². The van der Waals surface area contributed by atoms with Crippen LogP contribution in [0.1, 0.15) is 5.56 Å². The predicted molar refractivity (Wildman–Crippen MR) is 83.0 cm³/mol. The highest BCUT2D eigenvalue weighted by atomic mass is 35.5. The van der Waals surface area contributed by atoms with Gasteiger partial charge >= 0.3 is 0 Å². The maximum absolute atomic E-state index is 9.97. The molecule has 0 atom stereocenters. The number of aromatic hydroxyl groups is 1. The Morgan fingerprint density at radius 3 is 2.29 bits per heavy atom. The molecule has 0 spiro atoms. The number of phenols is 1. The van der Waals surface area contributed by atoms with Crippen LogP contribution < -0.4 is 14.8 Å². The molecule has 110 valence electrons. The molecule has 0 bridgehead atoms. The number of phenolic OH excluding ortho intramolecular Hbond substituents is 1. The summed E-state index contributed by atoms with van der Waals surface area (Å²) in [4.78, 5) is 0. The number of rotatable bonds is 3. The minimum Gasteiger partial charge on any atom is -0.507 e. The molecule has 0 aromatic heterocycles. The van der Waals surface area contributed by atoms with Gasteiger partial charge in [-0.05, 0) is 18.2 Å². The number of nitrogens with one attached hydrogen (secondary N) is 1. The summed E-state index contributed by atoms with van der Waals surface area (Å²) in [6.07, 6.45) is 0. The normalized spacial score (nSPS) is 12.5. The Hall–Kier alpha value is -1.49. The van der Waals surface area contributed by atoms with E-state index in [9.17, 15) is 5.11 Å². The zero-order valence-corrected chi connectivity index (χ0v) is 12.9. The average molecular weight is 347 g/mol. The molecule has 1 aliphatic rings. The molecule has 0 unspecified atom stereocenters. The van der Waals surface area contributed by atoms with Crippen LogP contribution >= 0.6 is 34.8 Å². The lowest BCUT2D eigenvalue weighted by molar-refractivity contribution is 0.174. The number of fused-ring (bicyclic) bond motifs is 1. The summed E-state index contributed by atoms with van der Waals surface area (Å²) in [5.74, 6) is 1.23. The minimum atomic E-state index is 0.105. The monoisotopic (exact) mass is 345 g/mol. The molecule has 1 heterocycles. The lowest BCUT2D eigenvalue weighted by atomic mass is 10.1. The fourth-order valence-electron chi connectivity index (χ4n) is 2.01. The molecule has 2 aromatic rings. The molecule has 3 rings (SSSR count). The zero-order chi connectivity index (χ0) is 15.0. The Bertz CT molecular complexity index is 683. The van der Waals surface area contributed by atoms with Crippen molar-refractivity contribution >= 4 is 40.5 Å². The van der Waals surface area contributed by atoms with Gasteiger partial charge in [-0.1, -0.05) is 34.8 Å². The minimum absolute atomic E-state index is 0.105. The van der Waals surface area contributed by atoms with Crippen LogP contribution in [0.2, 0.25) is 15.1 Å². The van der Waals surface area contributed by atoms with Crippen molar-refractivity contribution < 1.29 is 14.6 Å². The summed E-state index contributed by atoms with van der Waals surface area (Å²) in [6.45, 7) is 0.476. The van der Waals surface area contributed by atoms with Gasteiger partial charge in [0.1, 0.15) is 5.75 Å². The average Bonchev–Trinajstić information content (AvgIpc) is 2.84. The van der Waals surface area contributed by atoms with Crippen molar-refractivity contribution in [2.75, 3.05) is 12.1 Å². The third-order valence-electron chi connectivity index (χ3n) is 3.04. The summed E-state index contributed by atoms with van der Waals surface area (Å²) >= 11 is 18.1. The predicted octanol–water partition coefficient (Wildman–Crippen LogP) is 4.69. The van der Waals surface area contributed by atoms with Gasteiger partial charge in [-0.15, -0.1) is 0 Å². The van der Waals surface area contributed by atoms with Crippen molar-refractivity contribution in [2.24, 2.45) is 0 Å². The quantitative estimate of drug-likeness (QED) is 0.846. The second kappa shape index (κ2) is 5.72. The summed E-state index contributed by atoms with van der Waals surface area (Å²) in [5.41, 5.74) is 1.20. The third-order valence-corrected chi connectivity index (χ3v) is 3.85. The van der Waals surface area contributed by atoms with Crippen molar-refractivity contribution in [2.45, 2.75) is 6.54 Å². The van der Waals surface area contributed by atoms with E-state index in [-0.39, 0.29) is 12.5 Å². The molecule has 21 heavy (non-hydrogen) atoms. The molecule has 1 aliphatic heterocycles. The number of benzene rings is 2. The summed E-state index contributed by atoms with van der Waals surface area (Å²) in [7, 11) is 0. The van der Waals surface area contributed by atoms with E-state index in [4.69, 9.17) is 44.3 Å². The first kappa shape index (κ1) is 14.4. The van der Waals surface area contributed by atoms with Crippen molar-refractivity contribution in [1.82, 2.24) is 0 Å². The van der Waals surface area contributed by atoms with Crippen LogP contribution in [0.25, 0.3) is 0 Å². The van der Waals surface area contributed by atoms with Crippen molar-refractivity contribution in [3.8, 4) is 17.2 Å². The molecule has 2 aromatic carbocycles. The van der Waals surface area contributed by atoms with Gasteiger partial charge in [-0.25, -0.2) is 0 Å². The van der Waals surface area contributed by atoms with E-state index in [2.05, 4.69) is 5.32 Å². The highest BCUT2D eigenvalue weighted by Gasteiger charge is 2.17. The van der Waals surface area contributed by atoms with Crippen molar-refractivity contribution in [3.63, 3.8) is 0 Å². The molecule has 0 saturated carbocycles. The van der Waals surface area contributed by atoms with E-state index in [0.717, 1.165) is 0 Å². The zero-order valence-electron chi connectivity index (χ0n) is 10.6. The first-order valence-corrected chi connectivity index (χ1v) is 7.18. The topological polar surface area (TPSA) is 50.7 Å². The van der Waals surface area contributed by atoms with Gasteiger partial charge < -0.3 is 19.9 Å². The largest absolute Gasteiger partial charge is 0.507 e. The Balaban J connectivity index is 1.83.